The maximum atomic E-state index is 11.1. The summed E-state index contributed by atoms with van der Waals surface area (Å²) in [6.07, 6.45) is -0.0999. The summed E-state index contributed by atoms with van der Waals surface area (Å²) in [5.41, 5.74) is 0. The number of alkyl carbamates (subject to hydrolysis) is 1. The van der Waals surface area contributed by atoms with E-state index in [4.69, 9.17) is 0 Å². The highest BCUT2D eigenvalue weighted by Crippen LogP contribution is 1.89. The maximum absolute atomic E-state index is 11.1. The zero-order valence-electron chi connectivity index (χ0n) is 8.96. The van der Waals surface area contributed by atoms with Gasteiger partial charge in [-0.15, -0.1) is 0 Å². The number of carbonyl (C=O) groups excluding carboxylic acids is 3. The van der Waals surface area contributed by atoms with Crippen LogP contribution in [0.1, 0.15) is 19.8 Å². The molecule has 2 N–H and O–H groups in total. The molecule has 0 aliphatic carbocycles. The molecule has 0 bridgehead atoms. The first-order chi connectivity index (χ1) is 7.06. The molecule has 0 unspecified atom stereocenters. The van der Waals surface area contributed by atoms with Crippen LogP contribution < -0.4 is 10.6 Å². The third-order valence-electron chi connectivity index (χ3n) is 1.61. The minimum Gasteiger partial charge on any atom is -0.453 e. The van der Waals surface area contributed by atoms with E-state index in [0.29, 0.717) is 13.1 Å². The Morgan fingerprint density at radius 3 is 2.20 bits per heavy atom. The van der Waals surface area contributed by atoms with Crippen molar-refractivity contribution in [2.45, 2.75) is 19.8 Å². The fourth-order valence-corrected chi connectivity index (χ4v) is 0.817. The lowest BCUT2D eigenvalue weighted by molar-refractivity contribution is -0.124. The Kier molecular flexibility index (Phi) is 6.96. The first kappa shape index (κ1) is 13.4. The second-order valence-corrected chi connectivity index (χ2v) is 2.97. The van der Waals surface area contributed by atoms with Crippen LogP contribution in [-0.4, -0.2) is 38.0 Å². The van der Waals surface area contributed by atoms with E-state index in [1.165, 1.54) is 14.0 Å². The second-order valence-electron chi connectivity index (χ2n) is 2.97. The SMILES string of the molecule is COC(=O)NCCNC(=O)CCC(C)=O. The Bertz CT molecular complexity index is 240. The summed E-state index contributed by atoms with van der Waals surface area (Å²) >= 11 is 0. The van der Waals surface area contributed by atoms with Gasteiger partial charge in [0, 0.05) is 25.9 Å². The van der Waals surface area contributed by atoms with Crippen LogP contribution in [0.2, 0.25) is 0 Å². The van der Waals surface area contributed by atoms with Gasteiger partial charge in [0.15, 0.2) is 0 Å². The van der Waals surface area contributed by atoms with Gasteiger partial charge in [0.25, 0.3) is 0 Å². The topological polar surface area (TPSA) is 84.5 Å². The number of rotatable bonds is 6. The van der Waals surface area contributed by atoms with Gasteiger partial charge in [-0.2, -0.15) is 0 Å². The normalized spacial score (nSPS) is 9.20. The largest absolute Gasteiger partial charge is 0.453 e. The fourth-order valence-electron chi connectivity index (χ4n) is 0.817. The van der Waals surface area contributed by atoms with E-state index < -0.39 is 6.09 Å². The van der Waals surface area contributed by atoms with Crippen LogP contribution in [0.3, 0.4) is 0 Å². The summed E-state index contributed by atoms with van der Waals surface area (Å²) in [7, 11) is 1.26. The van der Waals surface area contributed by atoms with Gasteiger partial charge in [-0.05, 0) is 6.92 Å². The third kappa shape index (κ3) is 8.73. The molecular weight excluding hydrogens is 200 g/mol. The molecule has 0 atom stereocenters. The van der Waals surface area contributed by atoms with Gasteiger partial charge in [-0.25, -0.2) is 4.79 Å². The molecule has 0 heterocycles. The van der Waals surface area contributed by atoms with Gasteiger partial charge in [0.05, 0.1) is 7.11 Å². The molecule has 0 aromatic carbocycles. The van der Waals surface area contributed by atoms with Gasteiger partial charge in [0.1, 0.15) is 5.78 Å². The van der Waals surface area contributed by atoms with Crippen LogP contribution in [0, 0.1) is 0 Å². The number of hydrogen-bond donors (Lipinski definition) is 2. The number of carbonyl (C=O) groups is 3. The first-order valence-electron chi connectivity index (χ1n) is 4.64. The number of amides is 2. The molecule has 2 amide bonds. The van der Waals surface area contributed by atoms with Gasteiger partial charge < -0.3 is 20.2 Å². The molecule has 0 fully saturated rings. The predicted molar refractivity (Wildman–Crippen MR) is 53.3 cm³/mol. The zero-order chi connectivity index (χ0) is 11.7. The number of hydrogen-bond acceptors (Lipinski definition) is 4. The lowest BCUT2D eigenvalue weighted by atomic mass is 10.2. The molecule has 0 radical (unpaired) electrons. The molecule has 0 saturated carbocycles. The van der Waals surface area contributed by atoms with Crippen molar-refractivity contribution in [3.05, 3.63) is 0 Å². The Morgan fingerprint density at radius 1 is 1.07 bits per heavy atom. The summed E-state index contributed by atoms with van der Waals surface area (Å²) in [6, 6.07) is 0. The zero-order valence-corrected chi connectivity index (χ0v) is 8.96. The van der Waals surface area contributed by atoms with Crippen LogP contribution in [-0.2, 0) is 14.3 Å². The van der Waals surface area contributed by atoms with E-state index in [-0.39, 0.29) is 24.5 Å². The fraction of sp³-hybridized carbons (Fsp3) is 0.667. The van der Waals surface area contributed by atoms with Crippen molar-refractivity contribution in [3.8, 4) is 0 Å². The summed E-state index contributed by atoms with van der Waals surface area (Å²) < 4.78 is 4.33. The lowest BCUT2D eigenvalue weighted by Crippen LogP contribution is -2.34. The van der Waals surface area contributed by atoms with E-state index >= 15 is 0 Å². The van der Waals surface area contributed by atoms with Gasteiger partial charge in [-0.3, -0.25) is 4.79 Å². The molecule has 0 saturated heterocycles. The summed E-state index contributed by atoms with van der Waals surface area (Å²) in [6.45, 7) is 2.07. The van der Waals surface area contributed by atoms with Crippen LogP contribution in [0.25, 0.3) is 0 Å². The highest BCUT2D eigenvalue weighted by atomic mass is 16.5. The summed E-state index contributed by atoms with van der Waals surface area (Å²) in [5, 5.41) is 4.97. The highest BCUT2D eigenvalue weighted by molar-refractivity contribution is 5.83. The molecule has 0 aliphatic rings. The van der Waals surface area contributed by atoms with Crippen molar-refractivity contribution >= 4 is 17.8 Å². The van der Waals surface area contributed by atoms with E-state index in [2.05, 4.69) is 15.4 Å². The first-order valence-corrected chi connectivity index (χ1v) is 4.64. The number of ketones is 1. The molecule has 0 spiro atoms. The molecule has 15 heavy (non-hydrogen) atoms. The standard InChI is InChI=1S/C9H16N2O4/c1-7(12)3-4-8(13)10-5-6-11-9(14)15-2/h3-6H2,1-2H3,(H,10,13)(H,11,14). The van der Waals surface area contributed by atoms with Crippen molar-refractivity contribution in [2.24, 2.45) is 0 Å². The maximum Gasteiger partial charge on any atom is 0.406 e. The van der Waals surface area contributed by atoms with Gasteiger partial charge in [-0.1, -0.05) is 0 Å². The van der Waals surface area contributed by atoms with E-state index in [1.807, 2.05) is 0 Å². The molecule has 0 aromatic heterocycles. The van der Waals surface area contributed by atoms with Crippen molar-refractivity contribution < 1.29 is 19.1 Å². The van der Waals surface area contributed by atoms with Crippen LogP contribution in [0.5, 0.6) is 0 Å². The number of Topliss-reactive ketones (excluding diaryl/α,β-unsaturated/α-hetero) is 1. The quantitative estimate of drug-likeness (QED) is 0.603. The number of ether oxygens (including phenoxy) is 1. The van der Waals surface area contributed by atoms with Gasteiger partial charge in [0.2, 0.25) is 5.91 Å². The van der Waals surface area contributed by atoms with Crippen LogP contribution >= 0.6 is 0 Å². The average Bonchev–Trinajstić information content (AvgIpc) is 2.21. The van der Waals surface area contributed by atoms with Crippen molar-refractivity contribution in [2.75, 3.05) is 20.2 Å². The Hall–Kier alpha value is -1.59. The molecule has 0 aliphatic heterocycles. The van der Waals surface area contributed by atoms with Crippen LogP contribution in [0.4, 0.5) is 4.79 Å². The molecule has 0 rings (SSSR count). The van der Waals surface area contributed by atoms with E-state index in [0.717, 1.165) is 0 Å². The lowest BCUT2D eigenvalue weighted by Gasteiger charge is -2.05. The van der Waals surface area contributed by atoms with E-state index in [9.17, 15) is 14.4 Å². The Balaban J connectivity index is 3.39. The van der Waals surface area contributed by atoms with E-state index in [1.54, 1.807) is 0 Å². The minimum atomic E-state index is -0.534. The minimum absolute atomic E-state index is 0.0159. The molecule has 86 valence electrons. The smallest absolute Gasteiger partial charge is 0.406 e. The van der Waals surface area contributed by atoms with Crippen molar-refractivity contribution in [3.63, 3.8) is 0 Å². The van der Waals surface area contributed by atoms with Crippen molar-refractivity contribution in [1.82, 2.24) is 10.6 Å². The average molecular weight is 216 g/mol. The second kappa shape index (κ2) is 7.78. The Morgan fingerprint density at radius 2 is 1.67 bits per heavy atom. The van der Waals surface area contributed by atoms with Gasteiger partial charge >= 0.3 is 6.09 Å². The monoisotopic (exact) mass is 216 g/mol. The summed E-state index contributed by atoms with van der Waals surface area (Å²) in [5.74, 6) is -0.213. The summed E-state index contributed by atoms with van der Waals surface area (Å²) in [4.78, 5) is 32.2. The highest BCUT2D eigenvalue weighted by Gasteiger charge is 2.03. The Labute approximate surface area is 88.4 Å². The van der Waals surface area contributed by atoms with Crippen molar-refractivity contribution in [1.29, 1.82) is 0 Å². The molecule has 6 heteroatoms. The predicted octanol–water partition coefficient (Wildman–Crippen LogP) is -0.172. The number of methoxy groups -OCH3 is 1. The number of nitrogens with one attached hydrogen (secondary N) is 2. The van der Waals surface area contributed by atoms with Crippen LogP contribution in [0.15, 0.2) is 0 Å². The molecule has 6 nitrogen and oxygen atoms in total. The molecule has 0 aromatic rings. The third-order valence-corrected chi connectivity index (χ3v) is 1.61. The molecular formula is C9H16N2O4.